The first kappa shape index (κ1) is 17.5. The zero-order valence-corrected chi connectivity index (χ0v) is 14.3. The lowest BCUT2D eigenvalue weighted by Crippen LogP contribution is -2.18. The summed E-state index contributed by atoms with van der Waals surface area (Å²) >= 11 is 0. The molecular formula is C17H22N4O3. The van der Waals surface area contributed by atoms with Crippen LogP contribution < -0.4 is 10.2 Å². The Kier molecular flexibility index (Phi) is 5.23. The van der Waals surface area contributed by atoms with Crippen LogP contribution in [0.2, 0.25) is 0 Å². The summed E-state index contributed by atoms with van der Waals surface area (Å²) in [6.07, 6.45) is 1.36. The molecule has 0 fully saturated rings. The van der Waals surface area contributed by atoms with Gasteiger partial charge in [-0.2, -0.15) is 10.2 Å². The minimum Gasteiger partial charge on any atom is -0.507 e. The molecule has 0 saturated heterocycles. The number of aromatic amines is 1. The van der Waals surface area contributed by atoms with Crippen LogP contribution in [0, 0.1) is 0 Å². The average molecular weight is 330 g/mol. The molecule has 2 aromatic rings. The van der Waals surface area contributed by atoms with Gasteiger partial charge in [-0.25, -0.2) is 5.43 Å². The van der Waals surface area contributed by atoms with E-state index >= 15 is 0 Å². The molecule has 0 aliphatic carbocycles. The monoisotopic (exact) mass is 330 g/mol. The maximum atomic E-state index is 12.0. The van der Waals surface area contributed by atoms with Crippen LogP contribution in [-0.4, -0.2) is 34.0 Å². The molecule has 128 valence electrons. The first-order valence-corrected chi connectivity index (χ1v) is 7.66. The van der Waals surface area contributed by atoms with Crippen LogP contribution in [0.3, 0.4) is 0 Å². The van der Waals surface area contributed by atoms with E-state index in [1.165, 1.54) is 12.3 Å². The molecule has 0 aliphatic rings. The van der Waals surface area contributed by atoms with Crippen molar-refractivity contribution in [2.24, 2.45) is 5.10 Å². The second-order valence-corrected chi connectivity index (χ2v) is 6.27. The normalized spacial score (nSPS) is 11.7. The molecule has 3 N–H and O–H groups in total. The summed E-state index contributed by atoms with van der Waals surface area (Å²) < 4.78 is 5.29. The number of rotatable bonds is 5. The molecule has 1 amide bonds. The predicted molar refractivity (Wildman–Crippen MR) is 91.6 cm³/mol. The number of H-pyrrole nitrogens is 1. The summed E-state index contributed by atoms with van der Waals surface area (Å²) in [5.41, 5.74) is 3.85. The number of amides is 1. The Morgan fingerprint density at radius 1 is 1.42 bits per heavy atom. The molecule has 1 aromatic carbocycles. The van der Waals surface area contributed by atoms with E-state index in [2.05, 4.69) is 20.7 Å². The van der Waals surface area contributed by atoms with Crippen molar-refractivity contribution in [1.82, 2.24) is 15.6 Å². The van der Waals surface area contributed by atoms with E-state index in [4.69, 9.17) is 4.74 Å². The van der Waals surface area contributed by atoms with Crippen LogP contribution in [-0.2, 0) is 5.41 Å². The van der Waals surface area contributed by atoms with E-state index in [1.807, 2.05) is 27.7 Å². The lowest BCUT2D eigenvalue weighted by molar-refractivity contribution is 0.0950. The third-order valence-corrected chi connectivity index (χ3v) is 3.30. The van der Waals surface area contributed by atoms with Gasteiger partial charge in [0.2, 0.25) is 0 Å². The quantitative estimate of drug-likeness (QED) is 0.579. The van der Waals surface area contributed by atoms with Gasteiger partial charge in [0, 0.05) is 22.7 Å². The van der Waals surface area contributed by atoms with Crippen LogP contribution in [0.15, 0.2) is 29.4 Å². The third-order valence-electron chi connectivity index (χ3n) is 3.30. The van der Waals surface area contributed by atoms with Crippen molar-refractivity contribution in [3.05, 3.63) is 41.2 Å². The number of nitrogens with zero attached hydrogens (tertiary/aromatic N) is 2. The molecule has 0 spiro atoms. The lowest BCUT2D eigenvalue weighted by atomic mass is 9.92. The number of phenolic OH excluding ortho intramolecular Hbond substituents is 1. The number of hydrazone groups is 1. The predicted octanol–water partition coefficient (Wildman–Crippen LogP) is 2.58. The molecular weight excluding hydrogens is 308 g/mol. The number of hydrogen-bond donors (Lipinski definition) is 3. The maximum absolute atomic E-state index is 12.0. The molecule has 0 aliphatic heterocycles. The summed E-state index contributed by atoms with van der Waals surface area (Å²) in [6, 6.07) is 6.56. The second-order valence-electron chi connectivity index (χ2n) is 6.27. The largest absolute Gasteiger partial charge is 0.507 e. The Labute approximate surface area is 140 Å². The highest BCUT2D eigenvalue weighted by atomic mass is 16.5. The fraction of sp³-hybridized carbons (Fsp3) is 0.353. The van der Waals surface area contributed by atoms with Gasteiger partial charge >= 0.3 is 0 Å². The Balaban J connectivity index is 2.01. The number of hydrogen-bond acceptors (Lipinski definition) is 5. The highest BCUT2D eigenvalue weighted by Gasteiger charge is 2.19. The zero-order valence-electron chi connectivity index (χ0n) is 14.3. The fourth-order valence-corrected chi connectivity index (χ4v) is 1.93. The molecule has 0 atom stereocenters. The van der Waals surface area contributed by atoms with Gasteiger partial charge in [-0.15, -0.1) is 0 Å². The molecule has 0 unspecified atom stereocenters. The molecule has 7 nitrogen and oxygen atoms in total. The van der Waals surface area contributed by atoms with Crippen molar-refractivity contribution in [3.8, 4) is 11.5 Å². The molecule has 7 heteroatoms. The van der Waals surface area contributed by atoms with Gasteiger partial charge in [0.25, 0.3) is 5.91 Å². The summed E-state index contributed by atoms with van der Waals surface area (Å²) in [5, 5.41) is 20.6. The smallest absolute Gasteiger partial charge is 0.291 e. The van der Waals surface area contributed by atoms with Crippen LogP contribution >= 0.6 is 0 Å². The Hall–Kier alpha value is -2.83. The van der Waals surface area contributed by atoms with Crippen LogP contribution in [0.1, 0.15) is 49.4 Å². The minimum absolute atomic E-state index is 0.0220. The number of nitrogens with one attached hydrogen (secondary N) is 2. The van der Waals surface area contributed by atoms with Gasteiger partial charge in [-0.05, 0) is 25.1 Å². The maximum Gasteiger partial charge on any atom is 0.291 e. The minimum atomic E-state index is -0.427. The van der Waals surface area contributed by atoms with E-state index in [-0.39, 0.29) is 16.9 Å². The lowest BCUT2D eigenvalue weighted by Gasteiger charge is -2.14. The van der Waals surface area contributed by atoms with Gasteiger partial charge in [-0.3, -0.25) is 9.89 Å². The summed E-state index contributed by atoms with van der Waals surface area (Å²) in [7, 11) is 0. The Bertz CT molecular complexity index is 745. The van der Waals surface area contributed by atoms with Crippen molar-refractivity contribution in [3.63, 3.8) is 0 Å². The third kappa shape index (κ3) is 4.34. The van der Waals surface area contributed by atoms with Crippen LogP contribution in [0.4, 0.5) is 0 Å². The zero-order chi connectivity index (χ0) is 17.7. The Morgan fingerprint density at radius 3 is 2.75 bits per heavy atom. The Morgan fingerprint density at radius 2 is 2.17 bits per heavy atom. The van der Waals surface area contributed by atoms with Crippen molar-refractivity contribution < 1.29 is 14.6 Å². The first-order chi connectivity index (χ1) is 11.3. The number of aromatic nitrogens is 2. The number of benzene rings is 1. The van der Waals surface area contributed by atoms with Gasteiger partial charge in [-0.1, -0.05) is 20.8 Å². The topological polar surface area (TPSA) is 99.6 Å². The second kappa shape index (κ2) is 7.16. The van der Waals surface area contributed by atoms with Gasteiger partial charge in [0.15, 0.2) is 5.69 Å². The number of ether oxygens (including phenoxy) is 1. The van der Waals surface area contributed by atoms with Crippen molar-refractivity contribution in [2.45, 2.75) is 33.1 Å². The molecule has 0 saturated carbocycles. The molecule has 1 heterocycles. The van der Waals surface area contributed by atoms with Gasteiger partial charge < -0.3 is 9.84 Å². The van der Waals surface area contributed by atoms with Gasteiger partial charge in [0.1, 0.15) is 11.5 Å². The van der Waals surface area contributed by atoms with Crippen molar-refractivity contribution in [2.75, 3.05) is 6.61 Å². The fourth-order valence-electron chi connectivity index (χ4n) is 1.93. The molecule has 2 rings (SSSR count). The van der Waals surface area contributed by atoms with Crippen molar-refractivity contribution in [1.29, 1.82) is 0 Å². The van der Waals surface area contributed by atoms with E-state index in [0.717, 1.165) is 5.69 Å². The highest BCUT2D eigenvalue weighted by Crippen LogP contribution is 2.22. The van der Waals surface area contributed by atoms with Gasteiger partial charge in [0.05, 0.1) is 12.8 Å². The van der Waals surface area contributed by atoms with E-state index in [0.29, 0.717) is 17.9 Å². The number of carbonyl (C=O) groups excluding carboxylic acids is 1. The van der Waals surface area contributed by atoms with Crippen LogP contribution in [0.25, 0.3) is 0 Å². The molecule has 0 bridgehead atoms. The number of aromatic hydroxyl groups is 1. The molecule has 0 radical (unpaired) electrons. The SMILES string of the molecule is CCOc1ccc(/C=N/NC(=O)c2cc(C(C)(C)C)[nH]n2)c(O)c1. The van der Waals surface area contributed by atoms with E-state index in [9.17, 15) is 9.90 Å². The number of phenols is 1. The highest BCUT2D eigenvalue weighted by molar-refractivity contribution is 5.93. The standard InChI is InChI=1S/C17H22N4O3/c1-5-24-12-7-6-11(14(22)8-12)10-18-21-16(23)13-9-15(20-19-13)17(2,3)4/h6-10,22H,5H2,1-4H3,(H,19,20)(H,21,23)/b18-10+. The molecule has 1 aromatic heterocycles. The van der Waals surface area contributed by atoms with E-state index < -0.39 is 5.91 Å². The first-order valence-electron chi connectivity index (χ1n) is 7.66. The number of carbonyl (C=O) groups is 1. The van der Waals surface area contributed by atoms with E-state index in [1.54, 1.807) is 18.2 Å². The van der Waals surface area contributed by atoms with Crippen molar-refractivity contribution >= 4 is 12.1 Å². The summed E-state index contributed by atoms with van der Waals surface area (Å²) in [5.74, 6) is 0.166. The average Bonchev–Trinajstić information content (AvgIpc) is 3.00. The molecule has 24 heavy (non-hydrogen) atoms. The van der Waals surface area contributed by atoms with Crippen LogP contribution in [0.5, 0.6) is 11.5 Å². The summed E-state index contributed by atoms with van der Waals surface area (Å²) in [6.45, 7) is 8.45. The summed E-state index contributed by atoms with van der Waals surface area (Å²) in [4.78, 5) is 12.0.